The van der Waals surface area contributed by atoms with Crippen LogP contribution in [0.5, 0.6) is 0 Å². The molecule has 380 valence electrons. The third-order valence-corrected chi connectivity index (χ3v) is 21.6. The van der Waals surface area contributed by atoms with Crippen molar-refractivity contribution in [2.45, 2.75) is 205 Å². The molecule has 12 atom stereocenters. The maximum Gasteiger partial charge on any atom is 0.411 e. The fraction of sp³-hybridized carbons (Fsp3) is 0.720. The summed E-state index contributed by atoms with van der Waals surface area (Å²) in [6, 6.07) is 5.18. The molecule has 2 saturated carbocycles. The summed E-state index contributed by atoms with van der Waals surface area (Å²) in [5, 5.41) is 15.9. The zero-order chi connectivity index (χ0) is 50.9. The van der Waals surface area contributed by atoms with Crippen LogP contribution in [-0.2, 0) is 47.2 Å². The second kappa shape index (κ2) is 18.7. The molecule has 0 spiro atoms. The molecule has 2 aliphatic heterocycles. The fourth-order valence-corrected chi connectivity index (χ4v) is 18.1. The van der Waals surface area contributed by atoms with Crippen molar-refractivity contribution in [1.29, 1.82) is 0 Å². The summed E-state index contributed by atoms with van der Waals surface area (Å²) in [6.07, 6.45) is -14.1. The molecule has 68 heavy (non-hydrogen) atoms. The number of benzene rings is 1. The van der Waals surface area contributed by atoms with E-state index in [-0.39, 0.29) is 28.8 Å². The molecule has 2 bridgehead atoms. The Kier molecular flexibility index (Phi) is 14.8. The van der Waals surface area contributed by atoms with Crippen LogP contribution in [0.3, 0.4) is 0 Å². The minimum absolute atomic E-state index is 0.119. The molecule has 18 heteroatoms. The Morgan fingerprint density at radius 2 is 1.56 bits per heavy atom. The molecule has 0 radical (unpaired) electrons. The average Bonchev–Trinajstić information content (AvgIpc) is 3.64. The van der Waals surface area contributed by atoms with Gasteiger partial charge in [-0.1, -0.05) is 87.1 Å². The lowest BCUT2D eigenvalue weighted by molar-refractivity contribution is -0.345. The van der Waals surface area contributed by atoms with Gasteiger partial charge in [-0.2, -0.15) is 13.2 Å². The number of aliphatic hydroxyl groups is 1. The van der Waals surface area contributed by atoms with Gasteiger partial charge < -0.3 is 48.0 Å². The monoisotopic (exact) mass is 979 g/mol. The van der Waals surface area contributed by atoms with Crippen LogP contribution in [0.25, 0.3) is 0 Å². The molecule has 0 unspecified atom stereocenters. The molecule has 6 rings (SSSR count). The molecular formula is C50H72F3NO13Si. The number of fused-ring (bicyclic) bond motifs is 8. The van der Waals surface area contributed by atoms with Crippen LogP contribution in [0, 0.1) is 16.7 Å². The van der Waals surface area contributed by atoms with E-state index < -0.39 is 127 Å². The second-order valence-corrected chi connectivity index (χ2v) is 27.5. The lowest BCUT2D eigenvalue weighted by Crippen LogP contribution is -2.79. The van der Waals surface area contributed by atoms with Gasteiger partial charge in [0.2, 0.25) is 8.32 Å². The topological polar surface area (TPSA) is 174 Å². The van der Waals surface area contributed by atoms with Crippen LogP contribution in [0.4, 0.5) is 18.0 Å². The van der Waals surface area contributed by atoms with Crippen molar-refractivity contribution in [3.05, 3.63) is 59.7 Å². The van der Waals surface area contributed by atoms with Crippen molar-refractivity contribution in [2.24, 2.45) is 16.7 Å². The first-order valence-electron chi connectivity index (χ1n) is 23.7. The highest BCUT2D eigenvalue weighted by Gasteiger charge is 2.77. The minimum atomic E-state index is -5.27. The average molecular weight is 980 g/mol. The van der Waals surface area contributed by atoms with E-state index in [1.54, 1.807) is 51.1 Å². The summed E-state index contributed by atoms with van der Waals surface area (Å²) in [5.74, 6) is -3.99. The van der Waals surface area contributed by atoms with Gasteiger partial charge in [0.1, 0.15) is 35.6 Å². The van der Waals surface area contributed by atoms with E-state index >= 15 is 18.0 Å². The smallest absolute Gasteiger partial charge is 0.411 e. The summed E-state index contributed by atoms with van der Waals surface area (Å²) in [5.41, 5.74) is -7.52. The Balaban J connectivity index is 1.59. The van der Waals surface area contributed by atoms with Gasteiger partial charge in [-0.3, -0.25) is 4.79 Å². The van der Waals surface area contributed by atoms with Gasteiger partial charge >= 0.3 is 30.2 Å². The fourth-order valence-electron chi connectivity index (χ4n) is 12.6. The highest BCUT2D eigenvalue weighted by molar-refractivity contribution is 6.77. The van der Waals surface area contributed by atoms with Crippen molar-refractivity contribution in [3.8, 4) is 0 Å². The Morgan fingerprint density at radius 3 is 2.06 bits per heavy atom. The van der Waals surface area contributed by atoms with E-state index in [2.05, 4.69) is 6.58 Å². The van der Waals surface area contributed by atoms with Crippen LogP contribution >= 0.6 is 0 Å². The van der Waals surface area contributed by atoms with Gasteiger partial charge in [0, 0.05) is 24.2 Å². The normalized spacial score (nSPS) is 33.2. The van der Waals surface area contributed by atoms with Crippen LogP contribution in [-0.4, -0.2) is 116 Å². The van der Waals surface area contributed by atoms with Crippen molar-refractivity contribution < 1.29 is 75.0 Å². The van der Waals surface area contributed by atoms with Gasteiger partial charge in [-0.15, -0.1) is 0 Å². The SMILES string of the molecule is C=C[C@@H]1O[C@@H]2C3=C(C)[C@@H](OC(=O)[C@H](O[Si](C(C)C)(C(C)C)C(C)C)[C@@H](NC(=O)OC(C)(C)C)C(F)(F)F)C[C@@](O)([C@@H](OC(=O)c4ccccc4)[C@H]4[C@@](C)(CC[C@H]5OC[C@]54OC(C)=O)[C@@H]2O1)C3(C)C. The van der Waals surface area contributed by atoms with E-state index in [4.69, 9.17) is 37.6 Å². The molecule has 5 aliphatic rings. The quantitative estimate of drug-likeness (QED) is 0.0830. The standard InChI is InChI=1S/C50H72F3NO13Si/c1-16-34-62-36-35-29(8)32(61-43(57)37(67-68(26(2)3,27(4)5)28(6)7)39(50(51,52)53)54-44(58)66-45(10,11)12)24-49(59,46(35,13)14)41(64-42(56)31-20-18-17-19-21-31)38-47(15,40(36)63-34)23-22-33-48(38,25-60-33)65-30(9)55/h16-21,26-28,32-34,36-41,59H,1,22-25H2,2-15H3,(H,54,58)/t32-,33+,34+,36+,37+,38-,39+,40+,41-,47+,48-,49+/m0/s1. The van der Waals surface area contributed by atoms with Crippen molar-refractivity contribution in [3.63, 3.8) is 0 Å². The van der Waals surface area contributed by atoms with Crippen molar-refractivity contribution in [1.82, 2.24) is 5.32 Å². The number of nitrogens with one attached hydrogen (secondary N) is 1. The lowest BCUT2D eigenvalue weighted by atomic mass is 9.45. The zero-order valence-corrected chi connectivity index (χ0v) is 42.9. The summed E-state index contributed by atoms with van der Waals surface area (Å²) in [4.78, 5) is 56.1. The molecule has 2 N–H and O–H groups in total. The molecule has 1 amide bonds. The molecule has 1 aromatic rings. The predicted octanol–water partition coefficient (Wildman–Crippen LogP) is 9.04. The Morgan fingerprint density at radius 1 is 0.956 bits per heavy atom. The first-order valence-corrected chi connectivity index (χ1v) is 25.8. The number of hydrogen-bond donors (Lipinski definition) is 2. The van der Waals surface area contributed by atoms with Gasteiger partial charge in [0.15, 0.2) is 24.0 Å². The summed E-state index contributed by atoms with van der Waals surface area (Å²) < 4.78 is 97.5. The predicted molar refractivity (Wildman–Crippen MR) is 246 cm³/mol. The highest BCUT2D eigenvalue weighted by atomic mass is 28.4. The molecule has 4 fully saturated rings. The number of halogens is 3. The first-order chi connectivity index (χ1) is 31.3. The molecule has 2 heterocycles. The molecule has 0 aromatic heterocycles. The van der Waals surface area contributed by atoms with Crippen LogP contribution < -0.4 is 5.32 Å². The van der Waals surface area contributed by atoms with Gasteiger partial charge in [0.25, 0.3) is 0 Å². The number of ether oxygens (including phenoxy) is 7. The van der Waals surface area contributed by atoms with E-state index in [0.29, 0.717) is 24.0 Å². The summed E-state index contributed by atoms with van der Waals surface area (Å²) in [7, 11) is -3.41. The Bertz CT molecular complexity index is 2100. The third kappa shape index (κ3) is 9.19. The Labute approximate surface area is 399 Å². The van der Waals surface area contributed by atoms with Crippen molar-refractivity contribution in [2.75, 3.05) is 6.61 Å². The third-order valence-electron chi connectivity index (χ3n) is 15.6. The number of rotatable bonds is 13. The maximum atomic E-state index is 15.6. The van der Waals surface area contributed by atoms with E-state index in [1.165, 1.54) is 33.8 Å². The number of carbonyl (C=O) groups excluding carboxylic acids is 4. The van der Waals surface area contributed by atoms with Crippen LogP contribution in [0.15, 0.2) is 54.1 Å². The number of amides is 1. The molecule has 3 aliphatic carbocycles. The van der Waals surface area contributed by atoms with Crippen LogP contribution in [0.2, 0.25) is 16.6 Å². The number of alkyl halides is 3. The Hall–Kier alpha value is -3.81. The summed E-state index contributed by atoms with van der Waals surface area (Å²) in [6.45, 7) is 27.6. The highest BCUT2D eigenvalue weighted by Crippen LogP contribution is 2.67. The number of alkyl carbamates (subject to hydrolysis) is 1. The van der Waals surface area contributed by atoms with Gasteiger partial charge in [-0.25, -0.2) is 14.4 Å². The van der Waals surface area contributed by atoms with E-state index in [0.717, 1.165) is 0 Å². The maximum absolute atomic E-state index is 15.6. The number of esters is 3. The summed E-state index contributed by atoms with van der Waals surface area (Å²) >= 11 is 0. The van der Waals surface area contributed by atoms with Gasteiger partial charge in [0.05, 0.1) is 24.2 Å². The minimum Gasteiger partial charge on any atom is -0.456 e. The molecule has 1 aromatic carbocycles. The van der Waals surface area contributed by atoms with Crippen LogP contribution in [0.1, 0.15) is 127 Å². The zero-order valence-electron chi connectivity index (χ0n) is 41.9. The number of hydrogen-bond acceptors (Lipinski definition) is 13. The van der Waals surface area contributed by atoms with Crippen molar-refractivity contribution >= 4 is 32.3 Å². The molecule has 2 saturated heterocycles. The largest absolute Gasteiger partial charge is 0.456 e. The second-order valence-electron chi connectivity index (χ2n) is 22.1. The number of carbonyl (C=O) groups is 4. The van der Waals surface area contributed by atoms with E-state index in [9.17, 15) is 19.5 Å². The van der Waals surface area contributed by atoms with E-state index in [1.807, 2.05) is 53.8 Å². The first kappa shape index (κ1) is 53.5. The van der Waals surface area contributed by atoms with Gasteiger partial charge in [-0.05, 0) is 86.5 Å². The lowest BCUT2D eigenvalue weighted by Gasteiger charge is -2.68. The molecule has 14 nitrogen and oxygen atoms in total. The molecular weight excluding hydrogens is 908 g/mol.